The van der Waals surface area contributed by atoms with Crippen LogP contribution in [0.25, 0.3) is 0 Å². The Kier molecular flexibility index (Phi) is 8.44. The Bertz CT molecular complexity index is 1440. The highest BCUT2D eigenvalue weighted by Gasteiger charge is 2.27. The number of rotatable bonds is 9. The van der Waals surface area contributed by atoms with Crippen molar-refractivity contribution in [2.75, 3.05) is 11.3 Å². The van der Waals surface area contributed by atoms with Gasteiger partial charge in [0.1, 0.15) is 23.4 Å². The maximum Gasteiger partial charge on any atom is 0.339 e. The number of nitrogens with zero attached hydrogens (tertiary/aromatic N) is 3. The van der Waals surface area contributed by atoms with Crippen LogP contribution in [0.15, 0.2) is 69.9 Å². The first-order valence-electron chi connectivity index (χ1n) is 12.0. The number of carbonyl (C=O) groups excluding carboxylic acids is 1. The van der Waals surface area contributed by atoms with Gasteiger partial charge >= 0.3 is 5.97 Å². The number of carboxylic acid groups (broad SMARTS) is 1. The lowest BCUT2D eigenvalue weighted by Crippen LogP contribution is -2.22. The number of aromatic nitrogens is 1. The molecular formula is C26H27N5O6S. The smallest absolute Gasteiger partial charge is 0.339 e. The molecule has 1 saturated heterocycles. The summed E-state index contributed by atoms with van der Waals surface area (Å²) in [6.07, 6.45) is 5.53. The highest BCUT2D eigenvalue weighted by atomic mass is 32.2. The molecule has 1 aromatic heterocycles. The van der Waals surface area contributed by atoms with Crippen molar-refractivity contribution in [3.63, 3.8) is 0 Å². The number of azo groups is 1. The minimum absolute atomic E-state index is 0.00323. The molecule has 0 bridgehead atoms. The Balaban J connectivity index is 1.69. The third-order valence-electron chi connectivity index (χ3n) is 6.17. The minimum atomic E-state index is -3.87. The zero-order valence-electron chi connectivity index (χ0n) is 20.4. The molecule has 1 unspecified atom stereocenters. The molecule has 38 heavy (non-hydrogen) atoms. The number of aromatic hydroxyl groups is 1. The first kappa shape index (κ1) is 26.9. The molecule has 1 atom stereocenters. The van der Waals surface area contributed by atoms with E-state index in [0.717, 1.165) is 32.2 Å². The Labute approximate surface area is 219 Å². The van der Waals surface area contributed by atoms with E-state index in [1.54, 1.807) is 12.1 Å². The number of benzene rings is 2. The number of hydrogen-bond acceptors (Lipinski definition) is 9. The fourth-order valence-electron chi connectivity index (χ4n) is 4.35. The minimum Gasteiger partial charge on any atom is -0.507 e. The molecule has 3 aromatic rings. The molecule has 0 amide bonds. The Morgan fingerprint density at radius 1 is 1.13 bits per heavy atom. The van der Waals surface area contributed by atoms with Crippen molar-refractivity contribution >= 4 is 39.5 Å². The largest absolute Gasteiger partial charge is 0.507 e. The van der Waals surface area contributed by atoms with Gasteiger partial charge in [-0.05, 0) is 61.9 Å². The summed E-state index contributed by atoms with van der Waals surface area (Å²) in [5.41, 5.74) is 0.892. The van der Waals surface area contributed by atoms with Crippen molar-refractivity contribution in [1.82, 2.24) is 10.3 Å². The summed E-state index contributed by atoms with van der Waals surface area (Å²) in [5.74, 6) is -1.63. The number of aldehydes is 1. The van der Waals surface area contributed by atoms with Gasteiger partial charge in [-0.1, -0.05) is 18.9 Å². The molecule has 0 radical (unpaired) electrons. The van der Waals surface area contributed by atoms with Gasteiger partial charge in [-0.15, -0.1) is 0 Å². The number of carbonyl (C=O) groups is 2. The number of carboxylic acids is 1. The summed E-state index contributed by atoms with van der Waals surface area (Å²) in [4.78, 5) is 27.2. The Morgan fingerprint density at radius 2 is 1.92 bits per heavy atom. The van der Waals surface area contributed by atoms with Gasteiger partial charge in [0.05, 0.1) is 16.3 Å². The van der Waals surface area contributed by atoms with E-state index in [2.05, 4.69) is 25.3 Å². The van der Waals surface area contributed by atoms with Gasteiger partial charge in [-0.2, -0.15) is 10.2 Å². The van der Waals surface area contributed by atoms with Crippen LogP contribution < -0.4 is 10.0 Å². The molecule has 4 rings (SSSR count). The van der Waals surface area contributed by atoms with Crippen LogP contribution in [0.5, 0.6) is 5.75 Å². The fraction of sp³-hybridized carbons (Fsp3) is 0.269. The van der Waals surface area contributed by atoms with E-state index in [9.17, 15) is 28.2 Å². The second kappa shape index (κ2) is 11.9. The number of aromatic carboxylic acids is 1. The van der Waals surface area contributed by atoms with Gasteiger partial charge < -0.3 is 20.3 Å². The SMILES string of the molecule is O=CCc1c(O)c(C(=O)O)cc(N=Nc2ccc(S(=O)(=O)Nc3ccccn3)cc2)c1C1CCCCCN1. The molecule has 2 heterocycles. The lowest BCUT2D eigenvalue weighted by molar-refractivity contribution is -0.107. The predicted octanol–water partition coefficient (Wildman–Crippen LogP) is 4.65. The maximum atomic E-state index is 12.7. The summed E-state index contributed by atoms with van der Waals surface area (Å²) in [5, 5.41) is 32.2. The second-order valence-corrected chi connectivity index (χ2v) is 10.4. The average molecular weight is 538 g/mol. The highest BCUT2D eigenvalue weighted by molar-refractivity contribution is 7.92. The Hall–Kier alpha value is -4.16. The number of anilines is 1. The zero-order valence-corrected chi connectivity index (χ0v) is 21.2. The molecule has 12 heteroatoms. The third kappa shape index (κ3) is 6.21. The van der Waals surface area contributed by atoms with E-state index in [1.165, 1.54) is 42.6 Å². The van der Waals surface area contributed by atoms with Crippen molar-refractivity contribution in [2.24, 2.45) is 10.2 Å². The first-order chi connectivity index (χ1) is 18.3. The van der Waals surface area contributed by atoms with Crippen LogP contribution in [0, 0.1) is 0 Å². The molecule has 2 aromatic carbocycles. The molecular weight excluding hydrogens is 510 g/mol. The predicted molar refractivity (Wildman–Crippen MR) is 140 cm³/mol. The van der Waals surface area contributed by atoms with Crippen LogP contribution in [0.2, 0.25) is 0 Å². The Morgan fingerprint density at radius 3 is 2.61 bits per heavy atom. The normalized spacial score (nSPS) is 16.2. The molecule has 1 aliphatic heterocycles. The number of pyridine rings is 1. The summed E-state index contributed by atoms with van der Waals surface area (Å²) >= 11 is 0. The van der Waals surface area contributed by atoms with Gasteiger partial charge in [0.2, 0.25) is 0 Å². The summed E-state index contributed by atoms with van der Waals surface area (Å²) in [6.45, 7) is 0.728. The summed E-state index contributed by atoms with van der Waals surface area (Å²) < 4.78 is 27.7. The summed E-state index contributed by atoms with van der Waals surface area (Å²) in [7, 11) is -3.87. The third-order valence-corrected chi connectivity index (χ3v) is 7.54. The highest BCUT2D eigenvalue weighted by Crippen LogP contribution is 2.41. The standard InChI is InChI=1S/C26H27N5O6S/c32-15-12-19-24(21-6-2-1-4-13-27-21)22(16-20(25(19)33)26(34)35)30-29-17-8-10-18(11-9-17)38(36,37)31-23-7-3-5-14-28-23/h3,5,7-11,14-16,21,27,33H,1-2,4,6,12-13H2,(H,28,31)(H,34,35). The van der Waals surface area contributed by atoms with Crippen LogP contribution in [0.1, 0.15) is 53.2 Å². The van der Waals surface area contributed by atoms with Crippen molar-refractivity contribution < 1.29 is 28.2 Å². The fourth-order valence-corrected chi connectivity index (χ4v) is 5.36. The first-order valence-corrected chi connectivity index (χ1v) is 13.5. The number of sulfonamides is 1. The van der Waals surface area contributed by atoms with E-state index < -0.39 is 21.7 Å². The lowest BCUT2D eigenvalue weighted by Gasteiger charge is -2.22. The van der Waals surface area contributed by atoms with Gasteiger partial charge in [0, 0.05) is 29.8 Å². The van der Waals surface area contributed by atoms with Crippen molar-refractivity contribution in [1.29, 1.82) is 0 Å². The van der Waals surface area contributed by atoms with Crippen LogP contribution >= 0.6 is 0 Å². The molecule has 198 valence electrons. The van der Waals surface area contributed by atoms with Crippen LogP contribution in [-0.4, -0.2) is 42.4 Å². The van der Waals surface area contributed by atoms with Gasteiger partial charge in [0.25, 0.3) is 10.0 Å². The average Bonchev–Trinajstić information content (AvgIpc) is 3.19. The lowest BCUT2D eigenvalue weighted by atomic mass is 9.90. The molecule has 4 N–H and O–H groups in total. The molecule has 11 nitrogen and oxygen atoms in total. The number of phenols is 1. The quantitative estimate of drug-likeness (QED) is 0.226. The second-order valence-electron chi connectivity index (χ2n) is 8.73. The van der Waals surface area contributed by atoms with Crippen molar-refractivity contribution in [2.45, 2.75) is 43.0 Å². The number of hydrogen-bond donors (Lipinski definition) is 4. The van der Waals surface area contributed by atoms with Crippen molar-refractivity contribution in [3.05, 3.63) is 71.4 Å². The molecule has 1 aliphatic rings. The van der Waals surface area contributed by atoms with Gasteiger partial charge in [-0.3, -0.25) is 4.72 Å². The van der Waals surface area contributed by atoms with Crippen LogP contribution in [0.4, 0.5) is 17.2 Å². The van der Waals surface area contributed by atoms with E-state index in [4.69, 9.17) is 0 Å². The van der Waals surface area contributed by atoms with E-state index in [0.29, 0.717) is 17.5 Å². The van der Waals surface area contributed by atoms with Crippen LogP contribution in [-0.2, 0) is 21.2 Å². The van der Waals surface area contributed by atoms with E-state index in [-0.39, 0.29) is 40.0 Å². The molecule has 0 aliphatic carbocycles. The molecule has 0 spiro atoms. The van der Waals surface area contributed by atoms with Gasteiger partial charge in [0.15, 0.2) is 0 Å². The number of nitrogens with one attached hydrogen (secondary N) is 2. The topological polar surface area (TPSA) is 170 Å². The van der Waals surface area contributed by atoms with Crippen molar-refractivity contribution in [3.8, 4) is 5.75 Å². The zero-order chi connectivity index (χ0) is 27.1. The maximum absolute atomic E-state index is 12.7. The monoisotopic (exact) mass is 537 g/mol. The van der Waals surface area contributed by atoms with E-state index in [1.807, 2.05) is 0 Å². The van der Waals surface area contributed by atoms with Crippen LogP contribution in [0.3, 0.4) is 0 Å². The molecule has 0 saturated carbocycles. The van der Waals surface area contributed by atoms with Gasteiger partial charge in [-0.25, -0.2) is 18.2 Å². The van der Waals surface area contributed by atoms with E-state index >= 15 is 0 Å². The summed E-state index contributed by atoms with van der Waals surface area (Å²) in [6, 6.07) is 11.5. The molecule has 1 fully saturated rings.